The van der Waals surface area contributed by atoms with E-state index in [4.69, 9.17) is 4.42 Å². The third-order valence-corrected chi connectivity index (χ3v) is 7.62. The van der Waals surface area contributed by atoms with Gasteiger partial charge in [0.15, 0.2) is 5.76 Å². The highest BCUT2D eigenvalue weighted by atomic mass is 32.1. The third-order valence-electron chi connectivity index (χ3n) is 6.48. The van der Waals surface area contributed by atoms with Crippen LogP contribution in [0.2, 0.25) is 0 Å². The van der Waals surface area contributed by atoms with Crippen molar-refractivity contribution < 1.29 is 9.21 Å². The fourth-order valence-electron chi connectivity index (χ4n) is 4.61. The first-order chi connectivity index (χ1) is 16.6. The summed E-state index contributed by atoms with van der Waals surface area (Å²) in [6.45, 7) is 7.96. The molecule has 1 atom stereocenters. The second-order valence-corrected chi connectivity index (χ2v) is 9.73. The smallest absolute Gasteiger partial charge is 0.291 e. The fraction of sp³-hybridized carbons (Fsp3) is 0.259. The van der Waals surface area contributed by atoms with E-state index >= 15 is 0 Å². The van der Waals surface area contributed by atoms with Gasteiger partial charge in [-0.1, -0.05) is 24.3 Å². The molecule has 0 spiro atoms. The van der Waals surface area contributed by atoms with Gasteiger partial charge in [0.1, 0.15) is 5.00 Å². The number of pyridine rings is 1. The van der Waals surface area contributed by atoms with E-state index in [2.05, 4.69) is 70.3 Å². The van der Waals surface area contributed by atoms with E-state index in [9.17, 15) is 4.79 Å². The molecular formula is C27H28N4O2S. The Hall–Kier alpha value is -3.42. The Morgan fingerprint density at radius 3 is 2.50 bits per heavy atom. The largest absolute Gasteiger partial charge is 0.459 e. The first-order valence-electron chi connectivity index (χ1n) is 11.5. The molecule has 1 amide bonds. The molecule has 0 aliphatic carbocycles. The average molecular weight is 473 g/mol. The van der Waals surface area contributed by atoms with Gasteiger partial charge in [-0.3, -0.25) is 14.7 Å². The van der Waals surface area contributed by atoms with Gasteiger partial charge < -0.3 is 14.6 Å². The second kappa shape index (κ2) is 9.83. The summed E-state index contributed by atoms with van der Waals surface area (Å²) in [5.41, 5.74) is 4.74. The number of aromatic nitrogens is 1. The zero-order valence-corrected chi connectivity index (χ0v) is 20.2. The topological polar surface area (TPSA) is 61.6 Å². The Kier molecular flexibility index (Phi) is 6.47. The highest BCUT2D eigenvalue weighted by Gasteiger charge is 2.32. The monoisotopic (exact) mass is 472 g/mol. The van der Waals surface area contributed by atoms with Gasteiger partial charge in [-0.05, 0) is 55.3 Å². The zero-order chi connectivity index (χ0) is 23.5. The average Bonchev–Trinajstić information content (AvgIpc) is 3.51. The SMILES string of the molecule is Cc1sc(NC(=O)c2ccco2)c([C@@H](c2cccnc2)N2CCN(c3ccccc3)CC2)c1C. The number of carbonyl (C=O) groups excluding carboxylic acids is 1. The zero-order valence-electron chi connectivity index (χ0n) is 19.4. The van der Waals surface area contributed by atoms with E-state index < -0.39 is 0 Å². The van der Waals surface area contributed by atoms with Crippen LogP contribution < -0.4 is 10.2 Å². The van der Waals surface area contributed by atoms with Crippen LogP contribution in [0.4, 0.5) is 10.7 Å². The molecule has 1 aliphatic rings. The molecule has 1 aliphatic heterocycles. The molecule has 4 heterocycles. The van der Waals surface area contributed by atoms with Crippen LogP contribution in [-0.4, -0.2) is 42.0 Å². The number of carbonyl (C=O) groups is 1. The van der Waals surface area contributed by atoms with Crippen LogP contribution >= 0.6 is 11.3 Å². The maximum Gasteiger partial charge on any atom is 0.291 e. The number of hydrogen-bond acceptors (Lipinski definition) is 6. The third kappa shape index (κ3) is 4.49. The normalized spacial score (nSPS) is 15.3. The highest BCUT2D eigenvalue weighted by Crippen LogP contribution is 2.42. The summed E-state index contributed by atoms with van der Waals surface area (Å²) < 4.78 is 5.33. The predicted octanol–water partition coefficient (Wildman–Crippen LogP) is 5.52. The van der Waals surface area contributed by atoms with Crippen LogP contribution in [0, 0.1) is 13.8 Å². The maximum absolute atomic E-state index is 12.9. The molecule has 4 aromatic rings. The maximum atomic E-state index is 12.9. The van der Waals surface area contributed by atoms with Crippen molar-refractivity contribution in [2.75, 3.05) is 36.4 Å². The Bertz CT molecular complexity index is 1230. The number of aryl methyl sites for hydroxylation is 1. The lowest BCUT2D eigenvalue weighted by Gasteiger charge is -2.40. The summed E-state index contributed by atoms with van der Waals surface area (Å²) in [7, 11) is 0. The number of para-hydroxylation sites is 1. The Morgan fingerprint density at radius 1 is 1.03 bits per heavy atom. The molecule has 0 saturated carbocycles. The minimum atomic E-state index is -0.230. The van der Waals surface area contributed by atoms with E-state index in [1.807, 2.05) is 12.3 Å². The van der Waals surface area contributed by atoms with Crippen LogP contribution in [0.1, 0.15) is 38.2 Å². The molecule has 3 aromatic heterocycles. The van der Waals surface area contributed by atoms with Crippen molar-refractivity contribution in [3.63, 3.8) is 0 Å². The van der Waals surface area contributed by atoms with Crippen molar-refractivity contribution in [1.82, 2.24) is 9.88 Å². The molecule has 1 aromatic carbocycles. The number of nitrogens with zero attached hydrogens (tertiary/aromatic N) is 3. The number of benzene rings is 1. The first-order valence-corrected chi connectivity index (χ1v) is 12.3. The summed E-state index contributed by atoms with van der Waals surface area (Å²) in [4.78, 5) is 23.4. The van der Waals surface area contributed by atoms with E-state index in [0.717, 1.165) is 42.3 Å². The van der Waals surface area contributed by atoms with Gasteiger partial charge in [-0.15, -0.1) is 11.3 Å². The van der Waals surface area contributed by atoms with Gasteiger partial charge in [-0.25, -0.2) is 0 Å². The van der Waals surface area contributed by atoms with E-state index in [1.165, 1.54) is 22.4 Å². The summed E-state index contributed by atoms with van der Waals surface area (Å²) >= 11 is 1.62. The number of furan rings is 1. The summed E-state index contributed by atoms with van der Waals surface area (Å²) in [6, 6.07) is 18.1. The van der Waals surface area contributed by atoms with Gasteiger partial charge in [0.2, 0.25) is 0 Å². The van der Waals surface area contributed by atoms with Crippen molar-refractivity contribution in [1.29, 1.82) is 0 Å². The molecule has 1 N–H and O–H groups in total. The quantitative estimate of drug-likeness (QED) is 0.401. The molecule has 34 heavy (non-hydrogen) atoms. The van der Waals surface area contributed by atoms with Crippen LogP contribution in [0.25, 0.3) is 0 Å². The molecule has 0 radical (unpaired) electrons. The van der Waals surface area contributed by atoms with Crippen LogP contribution in [0.15, 0.2) is 77.7 Å². The highest BCUT2D eigenvalue weighted by molar-refractivity contribution is 7.16. The molecular weight excluding hydrogens is 444 g/mol. The van der Waals surface area contributed by atoms with Gasteiger partial charge in [-0.2, -0.15) is 0 Å². The van der Waals surface area contributed by atoms with Crippen LogP contribution in [-0.2, 0) is 0 Å². The van der Waals surface area contributed by atoms with Crippen molar-refractivity contribution in [2.45, 2.75) is 19.9 Å². The number of nitrogens with one attached hydrogen (secondary N) is 1. The fourth-order valence-corrected chi connectivity index (χ4v) is 5.70. The molecule has 0 bridgehead atoms. The number of piperazine rings is 1. The van der Waals surface area contributed by atoms with Gasteiger partial charge in [0.05, 0.1) is 12.3 Å². The molecule has 1 fully saturated rings. The molecule has 6 nitrogen and oxygen atoms in total. The number of rotatable bonds is 6. The lowest BCUT2D eigenvalue weighted by Crippen LogP contribution is -2.48. The minimum absolute atomic E-state index is 0.00322. The molecule has 0 unspecified atom stereocenters. The molecule has 5 rings (SSSR count). The first kappa shape index (κ1) is 22.4. The lowest BCUT2D eigenvalue weighted by molar-refractivity contribution is 0.0996. The number of hydrogen-bond donors (Lipinski definition) is 1. The minimum Gasteiger partial charge on any atom is -0.459 e. The van der Waals surface area contributed by atoms with Crippen LogP contribution in [0.3, 0.4) is 0 Å². The summed E-state index contributed by atoms with van der Waals surface area (Å²) in [6.07, 6.45) is 5.27. The van der Waals surface area contributed by atoms with Crippen molar-refractivity contribution in [3.8, 4) is 0 Å². The standard InChI is InChI=1S/C27H28N4O2S/c1-19-20(2)34-27(29-26(32)23-11-7-17-33-23)24(19)25(21-8-6-12-28-18-21)31-15-13-30(14-16-31)22-9-4-3-5-10-22/h3-12,17-18,25H,13-16H2,1-2H3,(H,29,32)/t25-/m1/s1. The van der Waals surface area contributed by atoms with Crippen LogP contribution in [0.5, 0.6) is 0 Å². The van der Waals surface area contributed by atoms with E-state index in [0.29, 0.717) is 5.76 Å². The van der Waals surface area contributed by atoms with Gasteiger partial charge in [0, 0.05) is 54.7 Å². The van der Waals surface area contributed by atoms with Crippen molar-refractivity contribution in [2.24, 2.45) is 0 Å². The predicted molar refractivity (Wildman–Crippen MR) is 137 cm³/mol. The Balaban J connectivity index is 1.47. The molecule has 1 saturated heterocycles. The van der Waals surface area contributed by atoms with Gasteiger partial charge >= 0.3 is 0 Å². The molecule has 174 valence electrons. The number of thiophene rings is 1. The van der Waals surface area contributed by atoms with E-state index in [1.54, 1.807) is 29.7 Å². The van der Waals surface area contributed by atoms with Crippen molar-refractivity contribution >= 4 is 27.9 Å². The lowest BCUT2D eigenvalue weighted by atomic mass is 9.95. The number of anilines is 2. The Labute approximate surface area is 203 Å². The van der Waals surface area contributed by atoms with Gasteiger partial charge in [0.25, 0.3) is 5.91 Å². The Morgan fingerprint density at radius 2 is 1.82 bits per heavy atom. The van der Waals surface area contributed by atoms with E-state index in [-0.39, 0.29) is 11.9 Å². The summed E-state index contributed by atoms with van der Waals surface area (Å²) in [5.74, 6) is 0.0791. The van der Waals surface area contributed by atoms with Crippen molar-refractivity contribution in [3.05, 3.63) is 101 Å². The number of amides is 1. The second-order valence-electron chi connectivity index (χ2n) is 8.50. The molecule has 7 heteroatoms. The summed E-state index contributed by atoms with van der Waals surface area (Å²) in [5, 5.41) is 4.00.